The fourth-order valence-corrected chi connectivity index (χ4v) is 1.57. The third-order valence-corrected chi connectivity index (χ3v) is 2.75. The molecule has 5 nitrogen and oxygen atoms in total. The summed E-state index contributed by atoms with van der Waals surface area (Å²) in [4.78, 5) is 19.3. The molecule has 1 aromatic heterocycles. The maximum atomic E-state index is 11.6. The van der Waals surface area contributed by atoms with E-state index in [4.69, 9.17) is 5.73 Å². The summed E-state index contributed by atoms with van der Waals surface area (Å²) >= 11 is 0. The fourth-order valence-electron chi connectivity index (χ4n) is 1.57. The molecule has 0 unspecified atom stereocenters. The van der Waals surface area contributed by atoms with Crippen LogP contribution >= 0.6 is 24.8 Å². The molecule has 96 valence electrons. The first kappa shape index (κ1) is 16.1. The molecule has 1 aliphatic rings. The van der Waals surface area contributed by atoms with Crippen molar-refractivity contribution in [1.29, 1.82) is 0 Å². The molecule has 0 radical (unpaired) electrons. The van der Waals surface area contributed by atoms with E-state index in [2.05, 4.69) is 15.3 Å². The number of halogens is 2. The van der Waals surface area contributed by atoms with E-state index in [9.17, 15) is 4.79 Å². The number of nitrogens with one attached hydrogen (secondary N) is 1. The monoisotopic (exact) mass is 278 g/mol. The molecule has 0 atom stereocenters. The highest BCUT2D eigenvalue weighted by atomic mass is 35.5. The average molecular weight is 279 g/mol. The number of hydrogen-bond donors (Lipinski definition) is 2. The molecular weight excluding hydrogens is 263 g/mol. The molecule has 2 rings (SSSR count). The molecule has 1 aromatic rings. The van der Waals surface area contributed by atoms with Gasteiger partial charge in [0.2, 0.25) is 0 Å². The Morgan fingerprint density at radius 1 is 1.41 bits per heavy atom. The van der Waals surface area contributed by atoms with Gasteiger partial charge in [-0.05, 0) is 19.3 Å². The quantitative estimate of drug-likeness (QED) is 0.862. The van der Waals surface area contributed by atoms with Gasteiger partial charge in [-0.1, -0.05) is 0 Å². The number of nitrogens with zero attached hydrogens (tertiary/aromatic N) is 2. The molecule has 0 bridgehead atoms. The second-order valence-corrected chi connectivity index (χ2v) is 3.99. The summed E-state index contributed by atoms with van der Waals surface area (Å²) in [6, 6.07) is 0. The first-order valence-electron chi connectivity index (χ1n) is 5.03. The second-order valence-electron chi connectivity index (χ2n) is 3.99. The third kappa shape index (κ3) is 4.11. The standard InChI is InChI=1S/C10H14N4O.2ClH/c11-10(2-1-3-10)7-14-9(15)8-6-12-4-5-13-8;;/h4-6H,1-3,7,11H2,(H,14,15);2*1H. The minimum atomic E-state index is -0.208. The van der Waals surface area contributed by atoms with E-state index in [-0.39, 0.29) is 36.3 Å². The normalized spacial score (nSPS) is 15.8. The van der Waals surface area contributed by atoms with Crippen molar-refractivity contribution in [3.63, 3.8) is 0 Å². The lowest BCUT2D eigenvalue weighted by atomic mass is 9.78. The van der Waals surface area contributed by atoms with Crippen LogP contribution in [0.15, 0.2) is 18.6 Å². The Bertz CT molecular complexity index is 357. The van der Waals surface area contributed by atoms with Crippen LogP contribution in [0.1, 0.15) is 29.8 Å². The van der Waals surface area contributed by atoms with E-state index in [0.29, 0.717) is 12.2 Å². The zero-order chi connectivity index (χ0) is 10.7. The molecule has 1 saturated carbocycles. The highest BCUT2D eigenvalue weighted by molar-refractivity contribution is 5.91. The van der Waals surface area contributed by atoms with E-state index in [1.807, 2.05) is 0 Å². The van der Waals surface area contributed by atoms with E-state index in [1.165, 1.54) is 18.6 Å². The number of carbonyl (C=O) groups excluding carboxylic acids is 1. The Kier molecular flexibility index (Phi) is 6.37. The van der Waals surface area contributed by atoms with Crippen molar-refractivity contribution in [2.75, 3.05) is 6.54 Å². The Balaban J connectivity index is 0.00000128. The molecular formula is C10H16Cl2N4O. The number of carbonyl (C=O) groups is 1. The zero-order valence-corrected chi connectivity index (χ0v) is 10.9. The Morgan fingerprint density at radius 3 is 2.59 bits per heavy atom. The number of amides is 1. The van der Waals surface area contributed by atoms with Crippen LogP contribution in [0.3, 0.4) is 0 Å². The van der Waals surface area contributed by atoms with Crippen molar-refractivity contribution in [3.05, 3.63) is 24.3 Å². The van der Waals surface area contributed by atoms with E-state index < -0.39 is 0 Å². The minimum Gasteiger partial charge on any atom is -0.349 e. The van der Waals surface area contributed by atoms with Gasteiger partial charge >= 0.3 is 0 Å². The molecule has 3 N–H and O–H groups in total. The maximum absolute atomic E-state index is 11.6. The van der Waals surface area contributed by atoms with Crippen LogP contribution in [0.4, 0.5) is 0 Å². The average Bonchev–Trinajstić information content (AvgIpc) is 2.24. The summed E-state index contributed by atoms with van der Waals surface area (Å²) in [5, 5.41) is 2.77. The van der Waals surface area contributed by atoms with Gasteiger partial charge in [-0.15, -0.1) is 24.8 Å². The van der Waals surface area contributed by atoms with Crippen LogP contribution < -0.4 is 11.1 Å². The van der Waals surface area contributed by atoms with Crippen molar-refractivity contribution in [2.45, 2.75) is 24.8 Å². The Hall–Kier alpha value is -0.910. The van der Waals surface area contributed by atoms with Crippen molar-refractivity contribution in [3.8, 4) is 0 Å². The summed E-state index contributed by atoms with van der Waals surface area (Å²) in [7, 11) is 0. The maximum Gasteiger partial charge on any atom is 0.271 e. The summed E-state index contributed by atoms with van der Waals surface area (Å²) in [6.45, 7) is 0.516. The van der Waals surface area contributed by atoms with Crippen LogP contribution in [-0.4, -0.2) is 28.0 Å². The largest absolute Gasteiger partial charge is 0.349 e. The van der Waals surface area contributed by atoms with Crippen LogP contribution in [0.5, 0.6) is 0 Å². The zero-order valence-electron chi connectivity index (χ0n) is 9.26. The molecule has 1 aliphatic carbocycles. The molecule has 0 aliphatic heterocycles. The molecule has 1 heterocycles. The van der Waals surface area contributed by atoms with E-state index in [0.717, 1.165) is 19.3 Å². The number of nitrogens with two attached hydrogens (primary N) is 1. The predicted octanol–water partition coefficient (Wildman–Crippen LogP) is 0.931. The topological polar surface area (TPSA) is 80.9 Å². The predicted molar refractivity (Wildman–Crippen MR) is 69.6 cm³/mol. The summed E-state index contributed by atoms with van der Waals surface area (Å²) in [5.74, 6) is -0.208. The third-order valence-electron chi connectivity index (χ3n) is 2.75. The van der Waals surface area contributed by atoms with Crippen molar-refractivity contribution >= 4 is 30.7 Å². The van der Waals surface area contributed by atoms with Crippen molar-refractivity contribution in [1.82, 2.24) is 15.3 Å². The fraction of sp³-hybridized carbons (Fsp3) is 0.500. The van der Waals surface area contributed by atoms with Crippen molar-refractivity contribution in [2.24, 2.45) is 5.73 Å². The summed E-state index contributed by atoms with van der Waals surface area (Å²) < 4.78 is 0. The summed E-state index contributed by atoms with van der Waals surface area (Å²) in [6.07, 6.45) is 7.59. The highest BCUT2D eigenvalue weighted by Crippen LogP contribution is 2.27. The van der Waals surface area contributed by atoms with Gasteiger partial charge in [0.25, 0.3) is 5.91 Å². The lowest BCUT2D eigenvalue weighted by Gasteiger charge is -2.38. The van der Waals surface area contributed by atoms with Crippen LogP contribution in [0, 0.1) is 0 Å². The molecule has 17 heavy (non-hydrogen) atoms. The van der Waals surface area contributed by atoms with E-state index in [1.54, 1.807) is 0 Å². The van der Waals surface area contributed by atoms with Gasteiger partial charge in [0.15, 0.2) is 0 Å². The summed E-state index contributed by atoms with van der Waals surface area (Å²) in [5.41, 5.74) is 6.12. The first-order chi connectivity index (χ1) is 7.20. The van der Waals surface area contributed by atoms with Crippen LogP contribution in [0.2, 0.25) is 0 Å². The van der Waals surface area contributed by atoms with Crippen LogP contribution in [0.25, 0.3) is 0 Å². The van der Waals surface area contributed by atoms with Gasteiger partial charge in [-0.25, -0.2) is 4.98 Å². The van der Waals surface area contributed by atoms with Gasteiger partial charge in [0.05, 0.1) is 6.20 Å². The van der Waals surface area contributed by atoms with Gasteiger partial charge in [0.1, 0.15) is 5.69 Å². The molecule has 1 amide bonds. The highest BCUT2D eigenvalue weighted by Gasteiger charge is 2.32. The Labute approximate surface area is 112 Å². The van der Waals surface area contributed by atoms with Crippen LogP contribution in [-0.2, 0) is 0 Å². The molecule has 0 aromatic carbocycles. The second kappa shape index (κ2) is 6.74. The lowest BCUT2D eigenvalue weighted by Crippen LogP contribution is -2.55. The number of hydrogen-bond acceptors (Lipinski definition) is 4. The van der Waals surface area contributed by atoms with Gasteiger partial charge in [0, 0.05) is 24.5 Å². The number of rotatable bonds is 3. The van der Waals surface area contributed by atoms with Gasteiger partial charge in [-0.3, -0.25) is 9.78 Å². The lowest BCUT2D eigenvalue weighted by molar-refractivity contribution is 0.0924. The Morgan fingerprint density at radius 2 is 2.12 bits per heavy atom. The SMILES string of the molecule is Cl.Cl.NC1(CNC(=O)c2cnccn2)CCC1. The van der Waals surface area contributed by atoms with Gasteiger partial charge in [-0.2, -0.15) is 0 Å². The molecule has 7 heteroatoms. The van der Waals surface area contributed by atoms with Crippen molar-refractivity contribution < 1.29 is 4.79 Å². The molecule has 0 saturated heterocycles. The number of aromatic nitrogens is 2. The minimum absolute atomic E-state index is 0. The first-order valence-corrected chi connectivity index (χ1v) is 5.03. The molecule has 0 spiro atoms. The smallest absolute Gasteiger partial charge is 0.271 e. The van der Waals surface area contributed by atoms with Gasteiger partial charge < -0.3 is 11.1 Å². The van der Waals surface area contributed by atoms with E-state index >= 15 is 0 Å². The molecule has 1 fully saturated rings.